The number of hydrogen-bond acceptors (Lipinski definition) is 4. The lowest BCUT2D eigenvalue weighted by atomic mass is 10.0. The number of hydrogen-bond donors (Lipinski definition) is 1. The summed E-state index contributed by atoms with van der Waals surface area (Å²) in [6.45, 7) is 5.73. The van der Waals surface area contributed by atoms with Gasteiger partial charge in [-0.3, -0.25) is 4.79 Å². The average molecular weight is 297 g/mol. The van der Waals surface area contributed by atoms with Gasteiger partial charge in [-0.05, 0) is 30.9 Å². The first-order chi connectivity index (χ1) is 10.7. The summed E-state index contributed by atoms with van der Waals surface area (Å²) >= 11 is 0. The third-order valence-electron chi connectivity index (χ3n) is 4.69. The molecule has 2 saturated heterocycles. The van der Waals surface area contributed by atoms with Crippen molar-refractivity contribution in [3.05, 3.63) is 41.7 Å². The minimum Gasteiger partial charge on any atom is -0.338 e. The normalized spacial score (nSPS) is 23.8. The number of fused-ring (bicyclic) bond motifs is 1. The Labute approximate surface area is 129 Å². The van der Waals surface area contributed by atoms with Crippen molar-refractivity contribution in [3.8, 4) is 5.69 Å². The van der Waals surface area contributed by atoms with Crippen LogP contribution in [0.5, 0.6) is 0 Å². The number of nitrogens with one attached hydrogen (secondary N) is 1. The van der Waals surface area contributed by atoms with Crippen LogP contribution in [0.1, 0.15) is 15.9 Å². The van der Waals surface area contributed by atoms with Crippen molar-refractivity contribution in [2.24, 2.45) is 11.8 Å². The van der Waals surface area contributed by atoms with Crippen molar-refractivity contribution in [1.82, 2.24) is 25.2 Å². The minimum absolute atomic E-state index is 0.0883. The highest BCUT2D eigenvalue weighted by atomic mass is 16.2. The third-order valence-corrected chi connectivity index (χ3v) is 4.69. The summed E-state index contributed by atoms with van der Waals surface area (Å²) in [6, 6.07) is 5.84. The first-order valence-electron chi connectivity index (χ1n) is 7.69. The van der Waals surface area contributed by atoms with E-state index in [0.717, 1.165) is 37.4 Å². The van der Waals surface area contributed by atoms with Crippen LogP contribution in [0, 0.1) is 18.8 Å². The fraction of sp³-hybridized carbons (Fsp3) is 0.438. The molecular formula is C16H19N5O. The highest BCUT2D eigenvalue weighted by Crippen LogP contribution is 2.28. The van der Waals surface area contributed by atoms with Gasteiger partial charge in [-0.15, -0.1) is 0 Å². The van der Waals surface area contributed by atoms with Gasteiger partial charge >= 0.3 is 0 Å². The summed E-state index contributed by atoms with van der Waals surface area (Å²) in [6.07, 6.45) is 3.25. The highest BCUT2D eigenvalue weighted by Gasteiger charge is 2.38. The maximum absolute atomic E-state index is 13.0. The van der Waals surface area contributed by atoms with E-state index in [9.17, 15) is 4.79 Å². The topological polar surface area (TPSA) is 63.1 Å². The minimum atomic E-state index is 0.0883. The van der Waals surface area contributed by atoms with Crippen molar-refractivity contribution < 1.29 is 4.79 Å². The van der Waals surface area contributed by atoms with Gasteiger partial charge in [0.25, 0.3) is 5.91 Å². The van der Waals surface area contributed by atoms with Crippen molar-refractivity contribution in [2.45, 2.75) is 6.92 Å². The lowest BCUT2D eigenvalue weighted by Crippen LogP contribution is -2.32. The van der Waals surface area contributed by atoms with Gasteiger partial charge in [-0.1, -0.05) is 11.6 Å². The molecule has 2 aromatic rings. The second kappa shape index (κ2) is 5.21. The molecule has 1 aromatic heterocycles. The van der Waals surface area contributed by atoms with Crippen molar-refractivity contribution in [1.29, 1.82) is 0 Å². The van der Waals surface area contributed by atoms with Crippen LogP contribution in [0.3, 0.4) is 0 Å². The van der Waals surface area contributed by atoms with Crippen molar-refractivity contribution in [3.63, 3.8) is 0 Å². The Morgan fingerprint density at radius 3 is 2.55 bits per heavy atom. The van der Waals surface area contributed by atoms with Gasteiger partial charge in [0.2, 0.25) is 0 Å². The van der Waals surface area contributed by atoms with Gasteiger partial charge in [-0.25, -0.2) is 0 Å². The highest BCUT2D eigenvalue weighted by molar-refractivity contribution is 5.98. The maximum Gasteiger partial charge on any atom is 0.256 e. The predicted molar refractivity (Wildman–Crippen MR) is 81.8 cm³/mol. The molecule has 4 rings (SSSR count). The van der Waals surface area contributed by atoms with Gasteiger partial charge in [0.05, 0.1) is 23.6 Å². The zero-order valence-corrected chi connectivity index (χ0v) is 12.6. The summed E-state index contributed by atoms with van der Waals surface area (Å²) in [5.41, 5.74) is 2.50. The summed E-state index contributed by atoms with van der Waals surface area (Å²) in [4.78, 5) is 16.5. The number of carbonyl (C=O) groups is 1. The van der Waals surface area contributed by atoms with Crippen molar-refractivity contribution in [2.75, 3.05) is 26.2 Å². The number of benzene rings is 1. The second-order valence-electron chi connectivity index (χ2n) is 6.23. The molecule has 6 nitrogen and oxygen atoms in total. The van der Waals surface area contributed by atoms with Crippen LogP contribution in [0.15, 0.2) is 30.6 Å². The summed E-state index contributed by atoms with van der Waals surface area (Å²) < 4.78 is 0. The van der Waals surface area contributed by atoms with Gasteiger partial charge < -0.3 is 10.2 Å². The molecule has 3 heterocycles. The molecule has 2 aliphatic rings. The van der Waals surface area contributed by atoms with Gasteiger partial charge in [0, 0.05) is 26.2 Å². The number of nitrogens with zero attached hydrogens (tertiary/aromatic N) is 4. The molecule has 114 valence electrons. The molecule has 2 unspecified atom stereocenters. The van der Waals surface area contributed by atoms with Gasteiger partial charge in [0.1, 0.15) is 0 Å². The molecule has 0 radical (unpaired) electrons. The smallest absolute Gasteiger partial charge is 0.256 e. The van der Waals surface area contributed by atoms with E-state index in [1.165, 1.54) is 4.80 Å². The largest absolute Gasteiger partial charge is 0.338 e. The predicted octanol–water partition coefficient (Wildman–Crippen LogP) is 0.867. The third kappa shape index (κ3) is 2.20. The van der Waals surface area contributed by atoms with Crippen LogP contribution in [-0.4, -0.2) is 52.0 Å². The van der Waals surface area contributed by atoms with Crippen LogP contribution >= 0.6 is 0 Å². The molecule has 0 aliphatic carbocycles. The van der Waals surface area contributed by atoms with E-state index in [2.05, 4.69) is 15.5 Å². The zero-order chi connectivity index (χ0) is 15.1. The van der Waals surface area contributed by atoms with E-state index in [-0.39, 0.29) is 5.91 Å². The van der Waals surface area contributed by atoms with Crippen LogP contribution in [0.4, 0.5) is 0 Å². The number of likely N-dealkylation sites (tertiary alicyclic amines) is 1. The van der Waals surface area contributed by atoms with Crippen molar-refractivity contribution >= 4 is 5.91 Å². The first kappa shape index (κ1) is 13.5. The number of aryl methyl sites for hydroxylation is 1. The van der Waals surface area contributed by atoms with E-state index in [4.69, 9.17) is 0 Å². The molecule has 1 N–H and O–H groups in total. The molecule has 1 aromatic carbocycles. The Morgan fingerprint density at radius 2 is 1.86 bits per heavy atom. The monoisotopic (exact) mass is 297 g/mol. The summed E-state index contributed by atoms with van der Waals surface area (Å²) in [5, 5.41) is 11.7. The second-order valence-corrected chi connectivity index (χ2v) is 6.23. The molecule has 2 aliphatic heterocycles. The number of rotatable bonds is 2. The van der Waals surface area contributed by atoms with Crippen LogP contribution in [0.25, 0.3) is 5.69 Å². The molecule has 6 heteroatoms. The number of aromatic nitrogens is 3. The van der Waals surface area contributed by atoms with Crippen LogP contribution < -0.4 is 5.32 Å². The van der Waals surface area contributed by atoms with E-state index >= 15 is 0 Å². The molecule has 2 atom stereocenters. The SMILES string of the molecule is Cc1ccc(-n2nccn2)c(C(=O)N2CC3CNCC3C2)c1. The lowest BCUT2D eigenvalue weighted by molar-refractivity contribution is 0.0781. The molecule has 22 heavy (non-hydrogen) atoms. The molecule has 2 fully saturated rings. The van der Waals surface area contributed by atoms with Gasteiger partial charge in [0.15, 0.2) is 0 Å². The van der Waals surface area contributed by atoms with E-state index in [0.29, 0.717) is 17.4 Å². The van der Waals surface area contributed by atoms with Gasteiger partial charge in [-0.2, -0.15) is 15.0 Å². The zero-order valence-electron chi connectivity index (χ0n) is 12.6. The quantitative estimate of drug-likeness (QED) is 0.893. The Morgan fingerprint density at radius 1 is 1.18 bits per heavy atom. The first-order valence-corrected chi connectivity index (χ1v) is 7.69. The summed E-state index contributed by atoms with van der Waals surface area (Å²) in [7, 11) is 0. The lowest BCUT2D eigenvalue weighted by Gasteiger charge is -2.19. The Kier molecular flexibility index (Phi) is 3.18. The van der Waals surface area contributed by atoms with Crippen LogP contribution in [0.2, 0.25) is 0 Å². The van der Waals surface area contributed by atoms with E-state index < -0.39 is 0 Å². The van der Waals surface area contributed by atoms with Crippen LogP contribution in [-0.2, 0) is 0 Å². The number of carbonyl (C=O) groups excluding carboxylic acids is 1. The molecule has 0 bridgehead atoms. The Balaban J connectivity index is 1.67. The molecular weight excluding hydrogens is 278 g/mol. The van der Waals surface area contributed by atoms with E-state index in [1.807, 2.05) is 30.0 Å². The van der Waals surface area contributed by atoms with E-state index in [1.54, 1.807) is 12.4 Å². The fourth-order valence-corrected chi connectivity index (χ4v) is 3.53. The number of amides is 1. The average Bonchev–Trinajstić information content (AvgIpc) is 3.22. The Hall–Kier alpha value is -2.21. The fourth-order valence-electron chi connectivity index (χ4n) is 3.53. The maximum atomic E-state index is 13.0. The molecule has 1 amide bonds. The molecule has 0 saturated carbocycles. The summed E-state index contributed by atoms with van der Waals surface area (Å²) in [5.74, 6) is 1.28. The molecule has 0 spiro atoms. The standard InChI is InChI=1S/C16H19N5O/c1-11-2-3-15(21-18-4-5-19-21)14(6-11)16(22)20-9-12-7-17-8-13(12)10-20/h2-6,12-13,17H,7-10H2,1H3. The Bertz CT molecular complexity index is 685.